The lowest BCUT2D eigenvalue weighted by Gasteiger charge is -2.28. The van der Waals surface area contributed by atoms with Gasteiger partial charge in [-0.2, -0.15) is 0 Å². The molecule has 0 amide bonds. The average molecular weight is 288 g/mol. The van der Waals surface area contributed by atoms with Gasteiger partial charge in [0.25, 0.3) is 0 Å². The van der Waals surface area contributed by atoms with Crippen molar-refractivity contribution in [1.29, 1.82) is 0 Å². The van der Waals surface area contributed by atoms with Gasteiger partial charge in [-0.1, -0.05) is 35.3 Å². The van der Waals surface area contributed by atoms with Gasteiger partial charge >= 0.3 is 0 Å². The first-order valence-electron chi connectivity index (χ1n) is 6.42. The van der Waals surface area contributed by atoms with Crippen LogP contribution in [-0.2, 0) is 11.3 Å². The number of hydrogen-bond donors (Lipinski definition) is 1. The van der Waals surface area contributed by atoms with Crippen molar-refractivity contribution in [2.24, 2.45) is 0 Å². The molecule has 1 N–H and O–H groups in total. The van der Waals surface area contributed by atoms with Crippen LogP contribution in [0.1, 0.15) is 31.2 Å². The number of halogens is 2. The first-order chi connectivity index (χ1) is 8.70. The van der Waals surface area contributed by atoms with Crippen molar-refractivity contribution in [2.75, 3.05) is 7.05 Å². The molecule has 0 aromatic heterocycles. The Morgan fingerprint density at radius 3 is 2.61 bits per heavy atom. The molecule has 100 valence electrons. The second kappa shape index (κ2) is 6.76. The summed E-state index contributed by atoms with van der Waals surface area (Å²) in [5.74, 6) is 0. The highest BCUT2D eigenvalue weighted by Gasteiger charge is 2.20. The van der Waals surface area contributed by atoms with E-state index < -0.39 is 0 Å². The molecule has 0 atom stereocenters. The van der Waals surface area contributed by atoms with Gasteiger partial charge in [0.1, 0.15) is 0 Å². The molecule has 0 aliphatic heterocycles. The topological polar surface area (TPSA) is 21.3 Å². The van der Waals surface area contributed by atoms with Crippen molar-refractivity contribution in [1.82, 2.24) is 5.32 Å². The summed E-state index contributed by atoms with van der Waals surface area (Å²) in [6.45, 7) is 0.550. The molecule has 0 spiro atoms. The van der Waals surface area contributed by atoms with Crippen LogP contribution < -0.4 is 5.32 Å². The molecular formula is C14H19Cl2NO. The van der Waals surface area contributed by atoms with Gasteiger partial charge < -0.3 is 10.1 Å². The van der Waals surface area contributed by atoms with Crippen molar-refractivity contribution in [3.8, 4) is 0 Å². The summed E-state index contributed by atoms with van der Waals surface area (Å²) >= 11 is 12.1. The molecule has 0 heterocycles. The Balaban J connectivity index is 1.83. The van der Waals surface area contributed by atoms with E-state index in [4.69, 9.17) is 27.9 Å². The molecule has 1 aromatic carbocycles. The van der Waals surface area contributed by atoms with Crippen molar-refractivity contribution in [2.45, 2.75) is 44.4 Å². The molecule has 0 radical (unpaired) electrons. The Labute approximate surface area is 119 Å². The molecule has 0 bridgehead atoms. The molecule has 2 rings (SSSR count). The molecule has 0 saturated heterocycles. The Bertz CT molecular complexity index is 389. The quantitative estimate of drug-likeness (QED) is 0.902. The SMILES string of the molecule is CNC1CCC(OCc2cccc(Cl)c2Cl)CC1. The summed E-state index contributed by atoms with van der Waals surface area (Å²) in [5.41, 5.74) is 0.972. The zero-order valence-electron chi connectivity index (χ0n) is 10.6. The van der Waals surface area contributed by atoms with Crippen LogP contribution in [0.15, 0.2) is 18.2 Å². The lowest BCUT2D eigenvalue weighted by Crippen LogP contribution is -2.32. The van der Waals surface area contributed by atoms with E-state index in [-0.39, 0.29) is 0 Å². The Morgan fingerprint density at radius 2 is 1.94 bits per heavy atom. The fourth-order valence-electron chi connectivity index (χ4n) is 2.39. The third-order valence-electron chi connectivity index (χ3n) is 3.59. The third-order valence-corrected chi connectivity index (χ3v) is 4.45. The largest absolute Gasteiger partial charge is 0.373 e. The van der Waals surface area contributed by atoms with E-state index in [1.807, 2.05) is 19.2 Å². The molecule has 1 aromatic rings. The second-order valence-electron chi connectivity index (χ2n) is 4.79. The van der Waals surface area contributed by atoms with Gasteiger partial charge in [-0.25, -0.2) is 0 Å². The van der Waals surface area contributed by atoms with Gasteiger partial charge in [0.05, 0.1) is 22.8 Å². The second-order valence-corrected chi connectivity index (χ2v) is 5.57. The van der Waals surface area contributed by atoms with Crippen molar-refractivity contribution < 1.29 is 4.74 Å². The highest BCUT2D eigenvalue weighted by Crippen LogP contribution is 2.28. The van der Waals surface area contributed by atoms with Crippen LogP contribution in [0, 0.1) is 0 Å². The third kappa shape index (κ3) is 3.61. The highest BCUT2D eigenvalue weighted by atomic mass is 35.5. The molecule has 1 fully saturated rings. The summed E-state index contributed by atoms with van der Waals surface area (Å²) in [6.07, 6.45) is 4.95. The maximum absolute atomic E-state index is 6.13. The standard InChI is InChI=1S/C14H19Cl2NO/c1-17-11-5-7-12(8-6-11)18-9-10-3-2-4-13(15)14(10)16/h2-4,11-12,17H,5-9H2,1H3. The summed E-state index contributed by atoms with van der Waals surface area (Å²) in [6, 6.07) is 6.32. The predicted molar refractivity (Wildman–Crippen MR) is 76.4 cm³/mol. The number of ether oxygens (including phenoxy) is 1. The number of hydrogen-bond acceptors (Lipinski definition) is 2. The maximum atomic E-state index is 6.13. The summed E-state index contributed by atoms with van der Waals surface area (Å²) < 4.78 is 5.93. The summed E-state index contributed by atoms with van der Waals surface area (Å²) in [4.78, 5) is 0. The number of nitrogens with one attached hydrogen (secondary N) is 1. The molecular weight excluding hydrogens is 269 g/mol. The fourth-order valence-corrected chi connectivity index (χ4v) is 2.76. The predicted octanol–water partition coefficient (Wildman–Crippen LogP) is 4.04. The van der Waals surface area contributed by atoms with Crippen LogP contribution in [0.2, 0.25) is 10.0 Å². The van der Waals surface area contributed by atoms with Gasteiger partial charge in [-0.15, -0.1) is 0 Å². The van der Waals surface area contributed by atoms with E-state index in [0.717, 1.165) is 18.4 Å². The smallest absolute Gasteiger partial charge is 0.0735 e. The van der Waals surface area contributed by atoms with Crippen molar-refractivity contribution in [3.05, 3.63) is 33.8 Å². The maximum Gasteiger partial charge on any atom is 0.0735 e. The Kier molecular flexibility index (Phi) is 5.31. The minimum Gasteiger partial charge on any atom is -0.373 e. The summed E-state index contributed by atoms with van der Waals surface area (Å²) in [7, 11) is 2.03. The number of rotatable bonds is 4. The molecule has 1 aliphatic rings. The van der Waals surface area contributed by atoms with Crippen LogP contribution in [0.3, 0.4) is 0 Å². The van der Waals surface area contributed by atoms with Gasteiger partial charge in [-0.3, -0.25) is 0 Å². The first-order valence-corrected chi connectivity index (χ1v) is 7.18. The summed E-state index contributed by atoms with van der Waals surface area (Å²) in [5, 5.41) is 4.53. The zero-order valence-corrected chi connectivity index (χ0v) is 12.1. The van der Waals surface area contributed by atoms with E-state index in [0.29, 0.717) is 28.8 Å². The Morgan fingerprint density at radius 1 is 1.22 bits per heavy atom. The first kappa shape index (κ1) is 14.1. The van der Waals surface area contributed by atoms with Crippen LogP contribution in [0.5, 0.6) is 0 Å². The molecule has 18 heavy (non-hydrogen) atoms. The van der Waals surface area contributed by atoms with E-state index in [2.05, 4.69) is 5.32 Å². The van der Waals surface area contributed by atoms with Gasteiger partial charge in [0.2, 0.25) is 0 Å². The van der Waals surface area contributed by atoms with E-state index >= 15 is 0 Å². The van der Waals surface area contributed by atoms with Crippen LogP contribution >= 0.6 is 23.2 Å². The average Bonchev–Trinajstić information content (AvgIpc) is 2.41. The van der Waals surface area contributed by atoms with Gasteiger partial charge in [0.15, 0.2) is 0 Å². The minimum atomic E-state index is 0.352. The van der Waals surface area contributed by atoms with Gasteiger partial charge in [0, 0.05) is 6.04 Å². The molecule has 1 saturated carbocycles. The Hall–Kier alpha value is -0.280. The fraction of sp³-hybridized carbons (Fsp3) is 0.571. The number of benzene rings is 1. The van der Waals surface area contributed by atoms with Crippen molar-refractivity contribution in [3.63, 3.8) is 0 Å². The van der Waals surface area contributed by atoms with Crippen LogP contribution in [0.25, 0.3) is 0 Å². The van der Waals surface area contributed by atoms with Crippen molar-refractivity contribution >= 4 is 23.2 Å². The molecule has 2 nitrogen and oxygen atoms in total. The van der Waals surface area contributed by atoms with Crippen LogP contribution in [-0.4, -0.2) is 19.2 Å². The highest BCUT2D eigenvalue weighted by molar-refractivity contribution is 6.42. The monoisotopic (exact) mass is 287 g/mol. The van der Waals surface area contributed by atoms with Crippen LogP contribution in [0.4, 0.5) is 0 Å². The van der Waals surface area contributed by atoms with E-state index in [9.17, 15) is 0 Å². The lowest BCUT2D eigenvalue weighted by atomic mass is 9.93. The molecule has 4 heteroatoms. The molecule has 1 aliphatic carbocycles. The minimum absolute atomic E-state index is 0.352. The van der Waals surface area contributed by atoms with Gasteiger partial charge in [-0.05, 0) is 44.4 Å². The normalized spacial score (nSPS) is 24.2. The van der Waals surface area contributed by atoms with E-state index in [1.165, 1.54) is 12.8 Å². The van der Waals surface area contributed by atoms with E-state index in [1.54, 1.807) is 6.07 Å². The lowest BCUT2D eigenvalue weighted by molar-refractivity contribution is 0.0119. The molecule has 0 unspecified atom stereocenters. The zero-order chi connectivity index (χ0) is 13.0.